The smallest absolute Gasteiger partial charge is 0.457 e. The van der Waals surface area contributed by atoms with E-state index in [1.807, 2.05) is 0 Å². The highest BCUT2D eigenvalue weighted by Crippen LogP contribution is 2.43. The van der Waals surface area contributed by atoms with Crippen LogP contribution >= 0.6 is 7.82 Å². The standard InChI is InChI=1S/C59H102NO7P/c1-3-5-7-9-11-13-15-17-19-21-23-25-27-28-29-31-33-35-37-39-41-43-45-47-49-51-54-64-56-58(57-66-68(62,63)65-55-53-60)67-59(61)52-50-48-46-44-42-40-38-36-34-32-30-26-24-22-20-18-16-14-12-10-8-6-4-2/h5-8,11-14,17-20,23-26,28-29,58H,3-4,9-10,15-16,21-22,27,30-57,60H2,1-2H3,(H,62,63)/b7-5-,8-6-,13-11-,14-12-,19-17-,20-18-,25-23-,26-24-,29-28-. The van der Waals surface area contributed by atoms with E-state index in [0.717, 1.165) is 89.9 Å². The molecular formula is C59H102NO7P. The van der Waals surface area contributed by atoms with E-state index in [1.54, 1.807) is 0 Å². The van der Waals surface area contributed by atoms with Crippen molar-refractivity contribution >= 4 is 13.8 Å². The van der Waals surface area contributed by atoms with Crippen molar-refractivity contribution in [3.05, 3.63) is 109 Å². The summed E-state index contributed by atoms with van der Waals surface area (Å²) in [6.45, 7) is 4.68. The van der Waals surface area contributed by atoms with Gasteiger partial charge in [-0.3, -0.25) is 13.8 Å². The summed E-state index contributed by atoms with van der Waals surface area (Å²) in [7, 11) is -4.30. The summed E-state index contributed by atoms with van der Waals surface area (Å²) in [5.41, 5.74) is 5.40. The van der Waals surface area contributed by atoms with Crippen LogP contribution in [0.1, 0.15) is 219 Å². The molecule has 0 rings (SSSR count). The van der Waals surface area contributed by atoms with E-state index >= 15 is 0 Å². The predicted octanol–water partition coefficient (Wildman–Crippen LogP) is 17.5. The van der Waals surface area contributed by atoms with E-state index in [1.165, 1.54) is 109 Å². The number of phosphoric acid groups is 1. The van der Waals surface area contributed by atoms with Gasteiger partial charge < -0.3 is 20.1 Å². The fourth-order valence-corrected chi connectivity index (χ4v) is 8.02. The summed E-state index contributed by atoms with van der Waals surface area (Å²) in [6.07, 6.45) is 75.5. The molecule has 0 saturated heterocycles. The van der Waals surface area contributed by atoms with Gasteiger partial charge >= 0.3 is 13.8 Å². The van der Waals surface area contributed by atoms with Crippen LogP contribution in [0.5, 0.6) is 0 Å². The first-order chi connectivity index (χ1) is 33.4. The average Bonchev–Trinajstić information content (AvgIpc) is 3.33. The molecule has 0 bridgehead atoms. The van der Waals surface area contributed by atoms with E-state index < -0.39 is 13.9 Å². The van der Waals surface area contributed by atoms with Crippen LogP contribution in [-0.4, -0.2) is 49.9 Å². The van der Waals surface area contributed by atoms with Gasteiger partial charge in [-0.05, 0) is 96.3 Å². The minimum absolute atomic E-state index is 0.0934. The summed E-state index contributed by atoms with van der Waals surface area (Å²) in [5, 5.41) is 0. The van der Waals surface area contributed by atoms with Gasteiger partial charge in [0.2, 0.25) is 0 Å². The van der Waals surface area contributed by atoms with E-state index in [2.05, 4.69) is 123 Å². The average molecular weight is 968 g/mol. The zero-order valence-corrected chi connectivity index (χ0v) is 44.4. The molecule has 0 heterocycles. The third-order valence-corrected chi connectivity index (χ3v) is 12.2. The molecule has 9 heteroatoms. The molecule has 0 amide bonds. The summed E-state index contributed by atoms with van der Waals surface area (Å²) in [6, 6.07) is 0. The molecule has 0 aliphatic rings. The van der Waals surface area contributed by atoms with E-state index in [0.29, 0.717) is 13.0 Å². The lowest BCUT2D eigenvalue weighted by Crippen LogP contribution is -2.28. The number of esters is 1. The van der Waals surface area contributed by atoms with Crippen molar-refractivity contribution in [2.75, 3.05) is 33.0 Å². The number of carbonyl (C=O) groups excluding carboxylic acids is 1. The molecule has 0 aliphatic carbocycles. The first-order valence-corrected chi connectivity index (χ1v) is 28.9. The van der Waals surface area contributed by atoms with Crippen molar-refractivity contribution in [1.29, 1.82) is 0 Å². The van der Waals surface area contributed by atoms with Crippen LogP contribution < -0.4 is 5.73 Å². The minimum atomic E-state index is -4.30. The monoisotopic (exact) mass is 968 g/mol. The summed E-state index contributed by atoms with van der Waals surface area (Å²) >= 11 is 0. The van der Waals surface area contributed by atoms with Crippen LogP contribution in [0.3, 0.4) is 0 Å². The zero-order chi connectivity index (χ0) is 49.4. The fourth-order valence-electron chi connectivity index (χ4n) is 7.25. The van der Waals surface area contributed by atoms with Crippen molar-refractivity contribution in [3.63, 3.8) is 0 Å². The molecule has 0 aromatic rings. The van der Waals surface area contributed by atoms with Gasteiger partial charge in [0.25, 0.3) is 0 Å². The summed E-state index contributed by atoms with van der Waals surface area (Å²) in [5.74, 6) is -0.339. The lowest BCUT2D eigenvalue weighted by atomic mass is 10.0. The molecule has 2 atom stereocenters. The summed E-state index contributed by atoms with van der Waals surface area (Å²) in [4.78, 5) is 22.7. The maximum Gasteiger partial charge on any atom is 0.472 e. The van der Waals surface area contributed by atoms with Crippen molar-refractivity contribution in [2.45, 2.75) is 225 Å². The molecule has 0 aliphatic heterocycles. The normalized spacial score (nSPS) is 14.1. The highest BCUT2D eigenvalue weighted by atomic mass is 31.2. The van der Waals surface area contributed by atoms with Gasteiger partial charge in [-0.1, -0.05) is 226 Å². The Kier molecular flexibility index (Phi) is 52.8. The molecular weight excluding hydrogens is 866 g/mol. The van der Waals surface area contributed by atoms with Crippen molar-refractivity contribution < 1.29 is 32.8 Å². The van der Waals surface area contributed by atoms with Crippen LogP contribution in [0.2, 0.25) is 0 Å². The van der Waals surface area contributed by atoms with Crippen molar-refractivity contribution in [1.82, 2.24) is 0 Å². The molecule has 0 saturated carbocycles. The molecule has 2 unspecified atom stereocenters. The van der Waals surface area contributed by atoms with Gasteiger partial charge in [0.15, 0.2) is 0 Å². The van der Waals surface area contributed by atoms with E-state index in [4.69, 9.17) is 24.3 Å². The van der Waals surface area contributed by atoms with Gasteiger partial charge in [-0.15, -0.1) is 0 Å². The Morgan fingerprint density at radius 1 is 0.441 bits per heavy atom. The Bertz CT molecular complexity index is 1410. The number of allylic oxidation sites excluding steroid dienone is 18. The predicted molar refractivity (Wildman–Crippen MR) is 293 cm³/mol. The Morgan fingerprint density at radius 3 is 1.16 bits per heavy atom. The van der Waals surface area contributed by atoms with E-state index in [-0.39, 0.29) is 32.3 Å². The number of ether oxygens (including phenoxy) is 2. The second-order valence-corrected chi connectivity index (χ2v) is 19.1. The zero-order valence-electron chi connectivity index (χ0n) is 43.6. The fraction of sp³-hybridized carbons (Fsp3) is 0.678. The molecule has 390 valence electrons. The van der Waals surface area contributed by atoms with Gasteiger partial charge in [0.1, 0.15) is 6.10 Å². The molecule has 68 heavy (non-hydrogen) atoms. The number of unbranched alkanes of at least 4 members (excludes halogenated alkanes) is 20. The first-order valence-electron chi connectivity index (χ1n) is 27.4. The maximum absolute atomic E-state index is 12.7. The quantitative estimate of drug-likeness (QED) is 0.0268. The molecule has 0 radical (unpaired) electrons. The largest absolute Gasteiger partial charge is 0.472 e. The van der Waals surface area contributed by atoms with Crippen LogP contribution in [0.4, 0.5) is 0 Å². The molecule has 0 aromatic heterocycles. The second kappa shape index (κ2) is 55.1. The first kappa shape index (κ1) is 65.2. The number of hydrogen-bond acceptors (Lipinski definition) is 7. The maximum atomic E-state index is 12.7. The lowest BCUT2D eigenvalue weighted by molar-refractivity contribution is -0.154. The minimum Gasteiger partial charge on any atom is -0.457 e. The Morgan fingerprint density at radius 2 is 0.779 bits per heavy atom. The van der Waals surface area contributed by atoms with Crippen LogP contribution in [0.25, 0.3) is 0 Å². The third kappa shape index (κ3) is 54.1. The Balaban J connectivity index is 3.96. The van der Waals surface area contributed by atoms with Crippen molar-refractivity contribution in [3.8, 4) is 0 Å². The number of phosphoric ester groups is 1. The van der Waals surface area contributed by atoms with Gasteiger partial charge in [0.05, 0.1) is 19.8 Å². The number of nitrogens with two attached hydrogens (primary N) is 1. The molecule has 8 nitrogen and oxygen atoms in total. The molecule has 3 N–H and O–H groups in total. The number of carbonyl (C=O) groups is 1. The van der Waals surface area contributed by atoms with E-state index in [9.17, 15) is 14.3 Å². The summed E-state index contributed by atoms with van der Waals surface area (Å²) < 4.78 is 33.7. The van der Waals surface area contributed by atoms with Gasteiger partial charge in [-0.25, -0.2) is 4.57 Å². The highest BCUT2D eigenvalue weighted by molar-refractivity contribution is 7.47. The van der Waals surface area contributed by atoms with Gasteiger partial charge in [0, 0.05) is 19.6 Å². The highest BCUT2D eigenvalue weighted by Gasteiger charge is 2.25. The van der Waals surface area contributed by atoms with Crippen LogP contribution in [0.15, 0.2) is 109 Å². The number of hydrogen-bond donors (Lipinski definition) is 2. The van der Waals surface area contributed by atoms with Crippen LogP contribution in [-0.2, 0) is 27.9 Å². The Labute approximate surface area is 418 Å². The third-order valence-electron chi connectivity index (χ3n) is 11.2. The second-order valence-electron chi connectivity index (χ2n) is 17.7. The molecule has 0 aromatic carbocycles. The Hall–Kier alpha value is -2.84. The number of rotatable bonds is 51. The SMILES string of the molecule is CC/C=C\C/C=C\C/C=C\C/C=C\C/C=C\CCCCCCCCCCCCOCC(COP(=O)(O)OCCN)OC(=O)CCCCCCCCCCCC/C=C\C/C=C\C/C=C\C/C=C\CC. The van der Waals surface area contributed by atoms with Crippen LogP contribution in [0, 0.1) is 0 Å². The van der Waals surface area contributed by atoms with Crippen molar-refractivity contribution in [2.24, 2.45) is 5.73 Å². The van der Waals surface area contributed by atoms with Gasteiger partial charge in [-0.2, -0.15) is 0 Å². The molecule has 0 spiro atoms. The lowest BCUT2D eigenvalue weighted by Gasteiger charge is -2.20. The topological polar surface area (TPSA) is 117 Å². The molecule has 0 fully saturated rings.